The number of anilines is 1. The molecule has 1 fully saturated rings. The molecule has 0 saturated heterocycles. The second-order valence-electron chi connectivity index (χ2n) is 8.27. The van der Waals surface area contributed by atoms with E-state index in [9.17, 15) is 0 Å². The summed E-state index contributed by atoms with van der Waals surface area (Å²) >= 11 is 0. The lowest BCUT2D eigenvalue weighted by atomic mass is 9.81. The lowest BCUT2D eigenvalue weighted by molar-refractivity contribution is 0.162. The van der Waals surface area contributed by atoms with Crippen molar-refractivity contribution >= 4 is 5.69 Å². The van der Waals surface area contributed by atoms with Gasteiger partial charge in [-0.15, -0.1) is 0 Å². The molecule has 1 aromatic carbocycles. The van der Waals surface area contributed by atoms with Gasteiger partial charge in [0.15, 0.2) is 0 Å². The molecule has 0 bridgehead atoms. The number of nitrogens with two attached hydrogens (primary N) is 1. The molecule has 1 aliphatic carbocycles. The number of hydrogen-bond donors (Lipinski definition) is 1. The van der Waals surface area contributed by atoms with Crippen molar-refractivity contribution in [2.45, 2.75) is 46.1 Å². The second kappa shape index (κ2) is 9.43. The van der Waals surface area contributed by atoms with Crippen LogP contribution in [0.4, 0.5) is 5.69 Å². The maximum atomic E-state index is 5.84. The zero-order valence-corrected chi connectivity index (χ0v) is 16.2. The maximum absolute atomic E-state index is 5.84. The Hall–Kier alpha value is -1.06. The second-order valence-corrected chi connectivity index (χ2v) is 8.27. The van der Waals surface area contributed by atoms with E-state index < -0.39 is 0 Å². The minimum absolute atomic E-state index is 0.714. The summed E-state index contributed by atoms with van der Waals surface area (Å²) in [6.45, 7) is 9.03. The first kappa shape index (κ1) is 19.3. The number of benzene rings is 1. The van der Waals surface area contributed by atoms with Crippen molar-refractivity contribution in [1.82, 2.24) is 4.90 Å². The highest BCUT2D eigenvalue weighted by atomic mass is 15.1. The van der Waals surface area contributed by atoms with Crippen LogP contribution in [0.5, 0.6) is 0 Å². The number of rotatable bonds is 8. The van der Waals surface area contributed by atoms with Gasteiger partial charge in [0.25, 0.3) is 0 Å². The highest BCUT2D eigenvalue weighted by molar-refractivity contribution is 5.45. The molecule has 1 aliphatic rings. The van der Waals surface area contributed by atoms with Gasteiger partial charge in [-0.3, -0.25) is 4.90 Å². The zero-order chi connectivity index (χ0) is 17.5. The van der Waals surface area contributed by atoms with E-state index in [-0.39, 0.29) is 0 Å². The van der Waals surface area contributed by atoms with Gasteiger partial charge >= 0.3 is 0 Å². The van der Waals surface area contributed by atoms with Crippen LogP contribution in [0.25, 0.3) is 0 Å². The first-order chi connectivity index (χ1) is 11.5. The van der Waals surface area contributed by atoms with Gasteiger partial charge in [-0.05, 0) is 67.7 Å². The molecule has 2 rings (SSSR count). The van der Waals surface area contributed by atoms with E-state index in [4.69, 9.17) is 5.73 Å². The molecule has 3 nitrogen and oxygen atoms in total. The van der Waals surface area contributed by atoms with Crippen molar-refractivity contribution in [2.75, 3.05) is 38.6 Å². The number of nitrogens with zero attached hydrogens (tertiary/aromatic N) is 2. The van der Waals surface area contributed by atoms with Crippen LogP contribution in [0.1, 0.15) is 45.1 Å². The molecule has 0 unspecified atom stereocenters. The molecular weight excluding hydrogens is 294 g/mol. The molecule has 136 valence electrons. The van der Waals surface area contributed by atoms with Gasteiger partial charge in [0, 0.05) is 39.4 Å². The van der Waals surface area contributed by atoms with Gasteiger partial charge in [0.2, 0.25) is 0 Å². The minimum Gasteiger partial charge on any atom is -0.378 e. The third kappa shape index (κ3) is 6.10. The van der Waals surface area contributed by atoms with Crippen LogP contribution >= 0.6 is 0 Å². The summed E-state index contributed by atoms with van der Waals surface area (Å²) in [5.74, 6) is 2.34. The Bertz CT molecular complexity index is 458. The van der Waals surface area contributed by atoms with E-state index in [0.29, 0.717) is 5.92 Å². The summed E-state index contributed by atoms with van der Waals surface area (Å²) in [4.78, 5) is 4.83. The molecule has 0 radical (unpaired) electrons. The van der Waals surface area contributed by atoms with Gasteiger partial charge in [-0.2, -0.15) is 0 Å². The summed E-state index contributed by atoms with van der Waals surface area (Å²) in [6, 6.07) is 9.03. The molecule has 2 N–H and O–H groups in total. The average Bonchev–Trinajstić information content (AvgIpc) is 2.55. The minimum atomic E-state index is 0.714. The Balaban J connectivity index is 1.92. The summed E-state index contributed by atoms with van der Waals surface area (Å²) in [7, 11) is 4.19. The zero-order valence-electron chi connectivity index (χ0n) is 16.2. The fourth-order valence-corrected chi connectivity index (χ4v) is 3.89. The predicted molar refractivity (Wildman–Crippen MR) is 105 cm³/mol. The third-order valence-electron chi connectivity index (χ3n) is 5.30. The lowest BCUT2D eigenvalue weighted by Crippen LogP contribution is -2.34. The van der Waals surface area contributed by atoms with Crippen molar-refractivity contribution in [3.8, 4) is 0 Å². The molecule has 3 heteroatoms. The van der Waals surface area contributed by atoms with Gasteiger partial charge in [0.05, 0.1) is 0 Å². The summed E-state index contributed by atoms with van der Waals surface area (Å²) in [5, 5.41) is 0. The smallest absolute Gasteiger partial charge is 0.0361 e. The molecule has 0 atom stereocenters. The van der Waals surface area contributed by atoms with Gasteiger partial charge in [-0.1, -0.05) is 26.0 Å². The van der Waals surface area contributed by atoms with E-state index in [1.165, 1.54) is 50.0 Å². The predicted octanol–water partition coefficient (Wildman–Crippen LogP) is 3.98. The fraction of sp³-hybridized carbons (Fsp3) is 0.714. The Morgan fingerprint density at radius 2 is 1.58 bits per heavy atom. The molecule has 1 aromatic rings. The van der Waals surface area contributed by atoms with Gasteiger partial charge in [0.1, 0.15) is 0 Å². The summed E-state index contributed by atoms with van der Waals surface area (Å²) in [5.41, 5.74) is 8.54. The van der Waals surface area contributed by atoms with Crippen LogP contribution in [0.3, 0.4) is 0 Å². The average molecular weight is 332 g/mol. The van der Waals surface area contributed by atoms with Crippen molar-refractivity contribution in [1.29, 1.82) is 0 Å². The van der Waals surface area contributed by atoms with Crippen molar-refractivity contribution in [2.24, 2.45) is 23.5 Å². The molecule has 0 aromatic heterocycles. The molecule has 0 spiro atoms. The normalized spacial score (nSPS) is 21.5. The maximum Gasteiger partial charge on any atom is 0.0361 e. The molecule has 0 aliphatic heterocycles. The summed E-state index contributed by atoms with van der Waals surface area (Å²) < 4.78 is 0. The standard InChI is InChI=1S/C21H37N3/c1-17(2)14-24(15-19-7-5-18(13-22)6-8-19)16-20-9-11-21(12-10-20)23(3)4/h9-12,17-19H,5-8,13-16,22H2,1-4H3. The first-order valence-corrected chi connectivity index (χ1v) is 9.66. The van der Waals surface area contributed by atoms with Crippen LogP contribution in [0.15, 0.2) is 24.3 Å². The van der Waals surface area contributed by atoms with Crippen molar-refractivity contribution < 1.29 is 0 Å². The van der Waals surface area contributed by atoms with Crippen LogP contribution in [0.2, 0.25) is 0 Å². The number of hydrogen-bond acceptors (Lipinski definition) is 3. The Morgan fingerprint density at radius 3 is 2.08 bits per heavy atom. The van der Waals surface area contributed by atoms with E-state index in [2.05, 4.69) is 62.0 Å². The van der Waals surface area contributed by atoms with E-state index in [1.807, 2.05) is 0 Å². The van der Waals surface area contributed by atoms with Crippen LogP contribution < -0.4 is 10.6 Å². The van der Waals surface area contributed by atoms with Gasteiger partial charge in [-0.25, -0.2) is 0 Å². The summed E-state index contributed by atoms with van der Waals surface area (Å²) in [6.07, 6.45) is 5.37. The molecule has 1 saturated carbocycles. The monoisotopic (exact) mass is 331 g/mol. The Kier molecular flexibility index (Phi) is 7.57. The largest absolute Gasteiger partial charge is 0.378 e. The SMILES string of the molecule is CC(C)CN(Cc1ccc(N(C)C)cc1)CC1CCC(CN)CC1. The Morgan fingerprint density at radius 1 is 1.00 bits per heavy atom. The third-order valence-corrected chi connectivity index (χ3v) is 5.30. The van der Waals surface area contributed by atoms with Crippen LogP contribution in [0, 0.1) is 17.8 Å². The van der Waals surface area contributed by atoms with Crippen LogP contribution in [-0.2, 0) is 6.54 Å². The van der Waals surface area contributed by atoms with E-state index in [1.54, 1.807) is 0 Å². The highest BCUT2D eigenvalue weighted by Gasteiger charge is 2.22. The highest BCUT2D eigenvalue weighted by Crippen LogP contribution is 2.29. The topological polar surface area (TPSA) is 32.5 Å². The van der Waals surface area contributed by atoms with Crippen molar-refractivity contribution in [3.63, 3.8) is 0 Å². The van der Waals surface area contributed by atoms with Crippen LogP contribution in [-0.4, -0.2) is 38.6 Å². The molecule has 24 heavy (non-hydrogen) atoms. The van der Waals surface area contributed by atoms with Crippen molar-refractivity contribution in [3.05, 3.63) is 29.8 Å². The first-order valence-electron chi connectivity index (χ1n) is 9.66. The van der Waals surface area contributed by atoms with E-state index >= 15 is 0 Å². The lowest BCUT2D eigenvalue weighted by Gasteiger charge is -2.33. The molecule has 0 amide bonds. The van der Waals surface area contributed by atoms with Gasteiger partial charge < -0.3 is 10.6 Å². The molecular formula is C21H37N3. The quantitative estimate of drug-likeness (QED) is 0.782. The molecule has 0 heterocycles. The fourth-order valence-electron chi connectivity index (χ4n) is 3.89. The van der Waals surface area contributed by atoms with E-state index in [0.717, 1.165) is 24.9 Å². The Labute approximate surface area is 149 Å².